The van der Waals surface area contributed by atoms with Crippen molar-refractivity contribution >= 4 is 27.5 Å². The van der Waals surface area contributed by atoms with Crippen LogP contribution >= 0.6 is 11.3 Å². The van der Waals surface area contributed by atoms with Gasteiger partial charge in [0.15, 0.2) is 0 Å². The predicted molar refractivity (Wildman–Crippen MR) is 92.7 cm³/mol. The van der Waals surface area contributed by atoms with Crippen LogP contribution in [-0.4, -0.2) is 27.7 Å². The lowest BCUT2D eigenvalue weighted by molar-refractivity contribution is -0.137. The van der Waals surface area contributed by atoms with E-state index in [0.717, 1.165) is 16.9 Å². The molecule has 3 rings (SSSR count). The second kappa shape index (κ2) is 6.84. The maximum atomic E-state index is 12.8. The first-order valence-electron chi connectivity index (χ1n) is 7.43. The summed E-state index contributed by atoms with van der Waals surface area (Å²) >= 11 is 1.41. The number of aromatic nitrogens is 2. The molecule has 0 unspecified atom stereocenters. The van der Waals surface area contributed by atoms with Crippen LogP contribution in [-0.2, 0) is 11.3 Å². The maximum absolute atomic E-state index is 12.8. The number of benzene rings is 1. The zero-order chi connectivity index (χ0) is 17.1. The summed E-state index contributed by atoms with van der Waals surface area (Å²) in [5.41, 5.74) is 1.56. The Balaban J connectivity index is 2.03. The number of carbonyl (C=O) groups is 1. The van der Waals surface area contributed by atoms with Gasteiger partial charge < -0.3 is 9.84 Å². The van der Waals surface area contributed by atoms with Crippen LogP contribution in [0.15, 0.2) is 40.8 Å². The van der Waals surface area contributed by atoms with E-state index < -0.39 is 5.97 Å². The van der Waals surface area contributed by atoms with Crippen molar-refractivity contribution in [1.29, 1.82) is 0 Å². The molecule has 0 fully saturated rings. The smallest absolute Gasteiger partial charge is 0.303 e. The van der Waals surface area contributed by atoms with E-state index in [-0.39, 0.29) is 12.0 Å². The minimum Gasteiger partial charge on any atom is -0.497 e. The largest absolute Gasteiger partial charge is 0.497 e. The molecule has 0 aliphatic heterocycles. The molecule has 0 saturated heterocycles. The summed E-state index contributed by atoms with van der Waals surface area (Å²) in [7, 11) is 1.60. The molecular weight excluding hydrogens is 328 g/mol. The van der Waals surface area contributed by atoms with E-state index in [1.807, 2.05) is 29.6 Å². The summed E-state index contributed by atoms with van der Waals surface area (Å²) in [5, 5.41) is 11.2. The standard InChI is InChI=1S/C17H16N2O4S/c1-23-12-5-2-4-11(8-12)13-9-24-16-15(13)17(22)19(10-18-16)7-3-6-14(20)21/h2,4-5,8-10H,3,6-7H2,1H3,(H,20,21). The van der Waals surface area contributed by atoms with Gasteiger partial charge in [-0.25, -0.2) is 4.98 Å². The summed E-state index contributed by atoms with van der Waals surface area (Å²) in [6, 6.07) is 7.52. The van der Waals surface area contributed by atoms with Crippen molar-refractivity contribution in [3.05, 3.63) is 46.3 Å². The van der Waals surface area contributed by atoms with Crippen molar-refractivity contribution in [3.8, 4) is 16.9 Å². The lowest BCUT2D eigenvalue weighted by Crippen LogP contribution is -2.20. The molecule has 0 radical (unpaired) electrons. The fraction of sp³-hybridized carbons (Fsp3) is 0.235. The molecule has 0 saturated carbocycles. The second-order valence-electron chi connectivity index (χ2n) is 5.30. The van der Waals surface area contributed by atoms with Gasteiger partial charge >= 0.3 is 5.97 Å². The van der Waals surface area contributed by atoms with Crippen molar-refractivity contribution < 1.29 is 14.6 Å². The van der Waals surface area contributed by atoms with Crippen molar-refractivity contribution in [2.24, 2.45) is 0 Å². The average Bonchev–Trinajstić information content (AvgIpc) is 3.01. The van der Waals surface area contributed by atoms with Crippen LogP contribution in [0.25, 0.3) is 21.3 Å². The fourth-order valence-corrected chi connectivity index (χ4v) is 3.44. The third-order valence-electron chi connectivity index (χ3n) is 3.73. The SMILES string of the molecule is COc1cccc(-c2csc3ncn(CCCC(=O)O)c(=O)c23)c1. The second-order valence-corrected chi connectivity index (χ2v) is 6.16. The molecule has 124 valence electrons. The first kappa shape index (κ1) is 16.2. The maximum Gasteiger partial charge on any atom is 0.303 e. The van der Waals surface area contributed by atoms with Crippen LogP contribution in [0.4, 0.5) is 0 Å². The lowest BCUT2D eigenvalue weighted by Gasteiger charge is -2.06. The number of hydrogen-bond donors (Lipinski definition) is 1. The Kier molecular flexibility index (Phi) is 4.61. The molecule has 1 aromatic carbocycles. The van der Waals surface area contributed by atoms with E-state index in [1.54, 1.807) is 7.11 Å². The molecule has 0 amide bonds. The number of fused-ring (bicyclic) bond motifs is 1. The van der Waals surface area contributed by atoms with E-state index in [9.17, 15) is 9.59 Å². The van der Waals surface area contributed by atoms with E-state index in [4.69, 9.17) is 9.84 Å². The lowest BCUT2D eigenvalue weighted by atomic mass is 10.1. The van der Waals surface area contributed by atoms with Gasteiger partial charge in [0.2, 0.25) is 0 Å². The van der Waals surface area contributed by atoms with Gasteiger partial charge in [0, 0.05) is 23.9 Å². The van der Waals surface area contributed by atoms with Crippen LogP contribution in [0, 0.1) is 0 Å². The zero-order valence-corrected chi connectivity index (χ0v) is 13.9. The van der Waals surface area contributed by atoms with Crippen LogP contribution in [0.5, 0.6) is 5.75 Å². The average molecular weight is 344 g/mol. The highest BCUT2D eigenvalue weighted by Gasteiger charge is 2.14. The van der Waals surface area contributed by atoms with Gasteiger partial charge in [0.05, 0.1) is 18.8 Å². The Bertz CT molecular complexity index is 945. The summed E-state index contributed by atoms with van der Waals surface area (Å²) in [6.07, 6.45) is 1.90. The van der Waals surface area contributed by atoms with Crippen LogP contribution in [0.2, 0.25) is 0 Å². The van der Waals surface area contributed by atoms with Gasteiger partial charge in [0.1, 0.15) is 10.6 Å². The summed E-state index contributed by atoms with van der Waals surface area (Å²) in [6.45, 7) is 0.335. The first-order valence-corrected chi connectivity index (χ1v) is 8.31. The Morgan fingerprint density at radius 1 is 1.42 bits per heavy atom. The van der Waals surface area contributed by atoms with Crippen LogP contribution < -0.4 is 10.3 Å². The van der Waals surface area contributed by atoms with Crippen molar-refractivity contribution in [2.45, 2.75) is 19.4 Å². The monoisotopic (exact) mass is 344 g/mol. The molecule has 24 heavy (non-hydrogen) atoms. The highest BCUT2D eigenvalue weighted by atomic mass is 32.1. The Morgan fingerprint density at radius 2 is 2.25 bits per heavy atom. The normalized spacial score (nSPS) is 10.9. The number of nitrogens with zero attached hydrogens (tertiary/aromatic N) is 2. The molecule has 0 atom stereocenters. The van der Waals surface area contributed by atoms with E-state index in [0.29, 0.717) is 23.2 Å². The highest BCUT2D eigenvalue weighted by molar-refractivity contribution is 7.17. The van der Waals surface area contributed by atoms with Crippen molar-refractivity contribution in [3.63, 3.8) is 0 Å². The molecule has 0 spiro atoms. The number of rotatable bonds is 6. The molecular formula is C17H16N2O4S. The van der Waals surface area contributed by atoms with E-state index >= 15 is 0 Å². The number of aryl methyl sites for hydroxylation is 1. The highest BCUT2D eigenvalue weighted by Crippen LogP contribution is 2.32. The Hall–Kier alpha value is -2.67. The summed E-state index contributed by atoms with van der Waals surface area (Å²) < 4.78 is 6.72. The molecule has 7 heteroatoms. The van der Waals surface area contributed by atoms with E-state index in [1.165, 1.54) is 22.2 Å². The van der Waals surface area contributed by atoms with Gasteiger partial charge in [-0.05, 0) is 24.1 Å². The number of thiophene rings is 1. The van der Waals surface area contributed by atoms with Crippen molar-refractivity contribution in [2.75, 3.05) is 7.11 Å². The quantitative estimate of drug-likeness (QED) is 0.743. The van der Waals surface area contributed by atoms with Gasteiger partial charge in [-0.15, -0.1) is 11.3 Å². The molecule has 6 nitrogen and oxygen atoms in total. The van der Waals surface area contributed by atoms with Gasteiger partial charge in [-0.2, -0.15) is 0 Å². The molecule has 0 aliphatic rings. The minimum absolute atomic E-state index is 0.0247. The third-order valence-corrected chi connectivity index (χ3v) is 4.62. The van der Waals surface area contributed by atoms with Gasteiger partial charge in [-0.3, -0.25) is 14.2 Å². The number of ether oxygens (including phenoxy) is 1. The number of aliphatic carboxylic acids is 1. The number of methoxy groups -OCH3 is 1. The van der Waals surface area contributed by atoms with Crippen molar-refractivity contribution in [1.82, 2.24) is 9.55 Å². The molecule has 2 aromatic heterocycles. The zero-order valence-electron chi connectivity index (χ0n) is 13.1. The van der Waals surface area contributed by atoms with Crippen LogP contribution in [0.3, 0.4) is 0 Å². The Morgan fingerprint density at radius 3 is 3.00 bits per heavy atom. The molecule has 3 aromatic rings. The molecule has 0 aliphatic carbocycles. The summed E-state index contributed by atoms with van der Waals surface area (Å²) in [4.78, 5) is 28.4. The van der Waals surface area contributed by atoms with Crippen LogP contribution in [0.1, 0.15) is 12.8 Å². The molecule has 0 bridgehead atoms. The topological polar surface area (TPSA) is 81.4 Å². The number of carboxylic acid groups (broad SMARTS) is 1. The summed E-state index contributed by atoms with van der Waals surface area (Å²) in [5.74, 6) is -0.151. The molecule has 1 N–H and O–H groups in total. The first-order chi connectivity index (χ1) is 11.6. The Labute approximate surface area is 142 Å². The van der Waals surface area contributed by atoms with Gasteiger partial charge in [0.25, 0.3) is 5.56 Å². The third kappa shape index (κ3) is 3.16. The fourth-order valence-electron chi connectivity index (χ4n) is 2.53. The van der Waals surface area contributed by atoms with E-state index in [2.05, 4.69) is 4.98 Å². The molecule has 2 heterocycles. The number of hydrogen-bond acceptors (Lipinski definition) is 5. The van der Waals surface area contributed by atoms with Gasteiger partial charge in [-0.1, -0.05) is 12.1 Å². The number of carboxylic acids is 1. The minimum atomic E-state index is -0.871. The predicted octanol–water partition coefficient (Wildman–Crippen LogP) is 3.00.